The average molecular weight is 187 g/mol. The number of rotatable bonds is 1. The van der Waals surface area contributed by atoms with E-state index >= 15 is 0 Å². The molecule has 0 saturated heterocycles. The first-order valence-electron chi connectivity index (χ1n) is 3.14. The van der Waals surface area contributed by atoms with Crippen molar-refractivity contribution in [3.63, 3.8) is 0 Å². The van der Waals surface area contributed by atoms with E-state index in [1.807, 2.05) is 0 Å². The number of hydrogen-bond acceptors (Lipinski definition) is 3. The summed E-state index contributed by atoms with van der Waals surface area (Å²) < 4.78 is 0. The van der Waals surface area contributed by atoms with Crippen molar-refractivity contribution in [3.8, 4) is 0 Å². The van der Waals surface area contributed by atoms with E-state index < -0.39 is 5.91 Å². The van der Waals surface area contributed by atoms with Gasteiger partial charge in [-0.3, -0.25) is 10.0 Å². The first-order chi connectivity index (χ1) is 5.65. The fourth-order valence-corrected chi connectivity index (χ4v) is 0.913. The van der Waals surface area contributed by atoms with Crippen molar-refractivity contribution < 1.29 is 10.0 Å². The zero-order valence-electron chi connectivity index (χ0n) is 6.04. The number of halogens is 1. The lowest BCUT2D eigenvalue weighted by molar-refractivity contribution is 0.0706. The lowest BCUT2D eigenvalue weighted by Crippen LogP contribution is -2.18. The number of nitrogens with two attached hydrogens (primary N) is 1. The molecule has 12 heavy (non-hydrogen) atoms. The molecule has 64 valence electrons. The largest absolute Gasteiger partial charge is 0.398 e. The summed E-state index contributed by atoms with van der Waals surface area (Å²) in [6.45, 7) is 0. The number of amides is 1. The van der Waals surface area contributed by atoms with Crippen LogP contribution in [0.4, 0.5) is 5.69 Å². The zero-order chi connectivity index (χ0) is 9.14. The molecule has 0 radical (unpaired) electrons. The lowest BCUT2D eigenvalue weighted by atomic mass is 10.2. The van der Waals surface area contributed by atoms with E-state index in [1.165, 1.54) is 23.7 Å². The van der Waals surface area contributed by atoms with Gasteiger partial charge in [0.05, 0.1) is 10.7 Å². The SMILES string of the molecule is Nc1ccc(C(=O)NO)cc1Cl. The quantitative estimate of drug-likeness (QED) is 0.349. The van der Waals surface area contributed by atoms with Crippen molar-refractivity contribution in [1.82, 2.24) is 5.48 Å². The van der Waals surface area contributed by atoms with Crippen molar-refractivity contribution in [2.24, 2.45) is 0 Å². The molecule has 0 aliphatic heterocycles. The Morgan fingerprint density at radius 1 is 1.58 bits per heavy atom. The molecular weight excluding hydrogens is 180 g/mol. The van der Waals surface area contributed by atoms with Crippen LogP contribution in [0.1, 0.15) is 10.4 Å². The number of nitrogens with one attached hydrogen (secondary N) is 1. The maximum absolute atomic E-state index is 10.8. The summed E-state index contributed by atoms with van der Waals surface area (Å²) >= 11 is 5.63. The van der Waals surface area contributed by atoms with E-state index in [4.69, 9.17) is 22.5 Å². The van der Waals surface area contributed by atoms with Gasteiger partial charge in [-0.1, -0.05) is 11.6 Å². The highest BCUT2D eigenvalue weighted by Crippen LogP contribution is 2.19. The first-order valence-corrected chi connectivity index (χ1v) is 3.52. The molecule has 0 bridgehead atoms. The minimum absolute atomic E-state index is 0.261. The molecule has 0 aromatic heterocycles. The van der Waals surface area contributed by atoms with Crippen LogP contribution in [0, 0.1) is 0 Å². The van der Waals surface area contributed by atoms with E-state index in [0.717, 1.165) is 0 Å². The average Bonchev–Trinajstić information content (AvgIpc) is 2.08. The second-order valence-electron chi connectivity index (χ2n) is 2.18. The Bertz CT molecular complexity index is 314. The van der Waals surface area contributed by atoms with Crippen LogP contribution in [-0.4, -0.2) is 11.1 Å². The van der Waals surface area contributed by atoms with Crippen molar-refractivity contribution in [2.45, 2.75) is 0 Å². The van der Waals surface area contributed by atoms with Crippen molar-refractivity contribution in [1.29, 1.82) is 0 Å². The van der Waals surface area contributed by atoms with Crippen LogP contribution in [0.3, 0.4) is 0 Å². The van der Waals surface area contributed by atoms with Crippen LogP contribution in [0.5, 0.6) is 0 Å². The van der Waals surface area contributed by atoms with Gasteiger partial charge >= 0.3 is 0 Å². The molecule has 0 spiro atoms. The lowest BCUT2D eigenvalue weighted by Gasteiger charge is -2.00. The Labute approximate surface area is 73.9 Å². The maximum Gasteiger partial charge on any atom is 0.274 e. The van der Waals surface area contributed by atoms with Gasteiger partial charge in [0.15, 0.2) is 0 Å². The van der Waals surface area contributed by atoms with Crippen LogP contribution in [0.15, 0.2) is 18.2 Å². The van der Waals surface area contributed by atoms with Gasteiger partial charge in [0.2, 0.25) is 0 Å². The summed E-state index contributed by atoms with van der Waals surface area (Å²) in [4.78, 5) is 10.8. The topological polar surface area (TPSA) is 75.4 Å². The standard InChI is InChI=1S/C7H7ClN2O2/c8-5-3-4(7(11)10-12)1-2-6(5)9/h1-3,12H,9H2,(H,10,11). The van der Waals surface area contributed by atoms with E-state index in [0.29, 0.717) is 5.69 Å². The first kappa shape index (κ1) is 8.83. The molecule has 4 nitrogen and oxygen atoms in total. The normalized spacial score (nSPS) is 9.50. The minimum atomic E-state index is -0.614. The molecule has 4 N–H and O–H groups in total. The summed E-state index contributed by atoms with van der Waals surface area (Å²) in [5.74, 6) is -0.614. The Balaban J connectivity index is 3.05. The molecule has 0 saturated carbocycles. The predicted molar refractivity (Wildman–Crippen MR) is 45.1 cm³/mol. The van der Waals surface area contributed by atoms with Gasteiger partial charge in [-0.25, -0.2) is 5.48 Å². The van der Waals surface area contributed by atoms with Gasteiger partial charge in [0.1, 0.15) is 0 Å². The van der Waals surface area contributed by atoms with Crippen molar-refractivity contribution >= 4 is 23.2 Å². The number of carbonyl (C=O) groups excluding carboxylic acids is 1. The molecule has 5 heteroatoms. The molecule has 1 aromatic rings. The third kappa shape index (κ3) is 1.66. The Morgan fingerprint density at radius 3 is 2.75 bits per heavy atom. The minimum Gasteiger partial charge on any atom is -0.398 e. The second-order valence-corrected chi connectivity index (χ2v) is 2.58. The molecule has 1 amide bonds. The molecule has 0 aliphatic carbocycles. The number of anilines is 1. The van der Waals surface area contributed by atoms with Crippen LogP contribution in [0.2, 0.25) is 5.02 Å². The van der Waals surface area contributed by atoms with E-state index in [2.05, 4.69) is 0 Å². The highest BCUT2D eigenvalue weighted by atomic mass is 35.5. The summed E-state index contributed by atoms with van der Waals surface area (Å²) in [5, 5.41) is 8.56. The number of carbonyl (C=O) groups is 1. The zero-order valence-corrected chi connectivity index (χ0v) is 6.80. The summed E-state index contributed by atoms with van der Waals surface area (Å²) in [6, 6.07) is 4.34. The number of hydrogen-bond donors (Lipinski definition) is 3. The highest BCUT2D eigenvalue weighted by molar-refractivity contribution is 6.33. The van der Waals surface area contributed by atoms with Crippen LogP contribution in [-0.2, 0) is 0 Å². The van der Waals surface area contributed by atoms with Crippen LogP contribution >= 0.6 is 11.6 Å². The molecule has 0 fully saturated rings. The Hall–Kier alpha value is -1.26. The van der Waals surface area contributed by atoms with E-state index in [1.54, 1.807) is 0 Å². The van der Waals surface area contributed by atoms with Crippen LogP contribution in [0.25, 0.3) is 0 Å². The van der Waals surface area contributed by atoms with Gasteiger partial charge < -0.3 is 5.73 Å². The van der Waals surface area contributed by atoms with Crippen LogP contribution < -0.4 is 11.2 Å². The van der Waals surface area contributed by atoms with Crippen molar-refractivity contribution in [3.05, 3.63) is 28.8 Å². The maximum atomic E-state index is 10.8. The fourth-order valence-electron chi connectivity index (χ4n) is 0.733. The molecule has 0 unspecified atom stereocenters. The van der Waals surface area contributed by atoms with Gasteiger partial charge in [-0.05, 0) is 18.2 Å². The number of benzene rings is 1. The summed E-state index contributed by atoms with van der Waals surface area (Å²) in [5.41, 5.74) is 7.55. The third-order valence-corrected chi connectivity index (χ3v) is 1.69. The monoisotopic (exact) mass is 186 g/mol. The predicted octanol–water partition coefficient (Wildman–Crippen LogP) is 1.04. The molecule has 0 atom stereocenters. The Kier molecular flexibility index (Phi) is 2.52. The van der Waals surface area contributed by atoms with E-state index in [9.17, 15) is 4.79 Å². The summed E-state index contributed by atoms with van der Waals surface area (Å²) in [6.07, 6.45) is 0. The number of hydroxylamine groups is 1. The van der Waals surface area contributed by atoms with Gasteiger partial charge in [0, 0.05) is 5.56 Å². The van der Waals surface area contributed by atoms with Gasteiger partial charge in [-0.15, -0.1) is 0 Å². The Morgan fingerprint density at radius 2 is 2.25 bits per heavy atom. The smallest absolute Gasteiger partial charge is 0.274 e. The molecule has 0 heterocycles. The molecular formula is C7H7ClN2O2. The number of nitrogen functional groups attached to an aromatic ring is 1. The molecule has 0 aliphatic rings. The van der Waals surface area contributed by atoms with Gasteiger partial charge in [-0.2, -0.15) is 0 Å². The van der Waals surface area contributed by atoms with E-state index in [-0.39, 0.29) is 10.6 Å². The highest BCUT2D eigenvalue weighted by Gasteiger charge is 2.05. The third-order valence-electron chi connectivity index (χ3n) is 1.36. The molecule has 1 rings (SSSR count). The fraction of sp³-hybridized carbons (Fsp3) is 0. The van der Waals surface area contributed by atoms with Gasteiger partial charge in [0.25, 0.3) is 5.91 Å². The van der Waals surface area contributed by atoms with Crippen molar-refractivity contribution in [2.75, 3.05) is 5.73 Å². The second kappa shape index (κ2) is 3.42. The molecule has 1 aromatic carbocycles. The summed E-state index contributed by atoms with van der Waals surface area (Å²) in [7, 11) is 0.